The Bertz CT molecular complexity index is 730. The minimum absolute atomic E-state index is 0.183. The molecule has 3 aliphatic rings. The molecule has 4 atom stereocenters. The highest BCUT2D eigenvalue weighted by Gasteiger charge is 2.54. The molecule has 2 saturated heterocycles. The molecular weight excluding hydrogens is 327 g/mol. The van der Waals surface area contributed by atoms with Gasteiger partial charge in [-0.05, 0) is 12.1 Å². The van der Waals surface area contributed by atoms with Crippen molar-refractivity contribution in [2.24, 2.45) is 11.8 Å². The van der Waals surface area contributed by atoms with Crippen molar-refractivity contribution in [1.29, 1.82) is 0 Å². The molecule has 0 spiro atoms. The summed E-state index contributed by atoms with van der Waals surface area (Å²) in [6.45, 7) is 1.91. The maximum atomic E-state index is 13.9. The number of halogens is 1. The number of carboxylic acid groups (broad SMARTS) is 1. The van der Waals surface area contributed by atoms with E-state index in [1.165, 1.54) is 6.07 Å². The van der Waals surface area contributed by atoms with Gasteiger partial charge in [-0.3, -0.25) is 9.59 Å². The second kappa shape index (κ2) is 6.15. The predicted octanol–water partition coefficient (Wildman–Crippen LogP) is 1.13. The van der Waals surface area contributed by atoms with Crippen LogP contribution in [-0.2, 0) is 14.3 Å². The van der Waals surface area contributed by atoms with E-state index in [0.29, 0.717) is 31.9 Å². The van der Waals surface area contributed by atoms with E-state index >= 15 is 0 Å². The van der Waals surface area contributed by atoms with Crippen LogP contribution in [-0.4, -0.2) is 60.3 Å². The smallest absolute Gasteiger partial charge is 0.310 e. The number of ether oxygens (including phenoxy) is 1. The van der Waals surface area contributed by atoms with E-state index in [9.17, 15) is 19.1 Å². The van der Waals surface area contributed by atoms with Crippen molar-refractivity contribution < 1.29 is 23.8 Å². The number of carboxylic acids is 1. The molecule has 4 rings (SSSR count). The van der Waals surface area contributed by atoms with Gasteiger partial charge >= 0.3 is 5.97 Å². The fourth-order valence-electron chi connectivity index (χ4n) is 3.98. The van der Waals surface area contributed by atoms with Gasteiger partial charge in [-0.1, -0.05) is 24.3 Å². The van der Waals surface area contributed by atoms with Crippen LogP contribution in [0, 0.1) is 17.7 Å². The van der Waals surface area contributed by atoms with Gasteiger partial charge in [0.05, 0.1) is 23.8 Å². The van der Waals surface area contributed by atoms with Crippen LogP contribution in [0.4, 0.5) is 10.1 Å². The van der Waals surface area contributed by atoms with Gasteiger partial charge in [-0.25, -0.2) is 4.39 Å². The van der Waals surface area contributed by atoms with Crippen LogP contribution in [0.15, 0.2) is 36.4 Å². The Morgan fingerprint density at radius 1 is 1.04 bits per heavy atom. The Hall–Kier alpha value is -2.41. The Morgan fingerprint density at radius 3 is 2.32 bits per heavy atom. The molecule has 132 valence electrons. The molecule has 3 heterocycles. The fourth-order valence-corrected chi connectivity index (χ4v) is 3.98. The Balaban J connectivity index is 1.44. The number of amides is 1. The van der Waals surface area contributed by atoms with Gasteiger partial charge in [-0.2, -0.15) is 0 Å². The van der Waals surface area contributed by atoms with Crippen molar-refractivity contribution >= 4 is 17.6 Å². The summed E-state index contributed by atoms with van der Waals surface area (Å²) < 4.78 is 19.5. The zero-order valence-electron chi connectivity index (χ0n) is 13.5. The number of piperazine rings is 1. The highest BCUT2D eigenvalue weighted by atomic mass is 19.1. The molecule has 4 unspecified atom stereocenters. The largest absolute Gasteiger partial charge is 0.481 e. The van der Waals surface area contributed by atoms with E-state index in [4.69, 9.17) is 4.74 Å². The summed E-state index contributed by atoms with van der Waals surface area (Å²) in [6.07, 6.45) is 2.53. The van der Waals surface area contributed by atoms with Crippen LogP contribution >= 0.6 is 0 Å². The number of hydrogen-bond acceptors (Lipinski definition) is 4. The van der Waals surface area contributed by atoms with Crippen molar-refractivity contribution in [3.05, 3.63) is 42.2 Å². The average molecular weight is 346 g/mol. The highest BCUT2D eigenvalue weighted by molar-refractivity contribution is 5.87. The molecule has 0 aliphatic carbocycles. The molecule has 2 fully saturated rings. The van der Waals surface area contributed by atoms with Gasteiger partial charge in [0.15, 0.2) is 0 Å². The quantitative estimate of drug-likeness (QED) is 0.831. The van der Waals surface area contributed by atoms with Crippen LogP contribution in [0.25, 0.3) is 0 Å². The van der Waals surface area contributed by atoms with Gasteiger partial charge in [0, 0.05) is 26.2 Å². The van der Waals surface area contributed by atoms with Crippen molar-refractivity contribution in [3.63, 3.8) is 0 Å². The number of carbonyl (C=O) groups excluding carboxylic acids is 1. The number of benzene rings is 1. The molecule has 25 heavy (non-hydrogen) atoms. The van der Waals surface area contributed by atoms with E-state index < -0.39 is 30.0 Å². The zero-order valence-corrected chi connectivity index (χ0v) is 13.5. The first-order valence-electron chi connectivity index (χ1n) is 8.41. The number of carbonyl (C=O) groups is 2. The van der Waals surface area contributed by atoms with Crippen LogP contribution in [0.5, 0.6) is 0 Å². The Kier molecular flexibility index (Phi) is 3.95. The summed E-state index contributed by atoms with van der Waals surface area (Å²) in [6, 6.07) is 6.57. The molecule has 1 N–H and O–H groups in total. The van der Waals surface area contributed by atoms with E-state index in [2.05, 4.69) is 0 Å². The third kappa shape index (κ3) is 2.68. The summed E-state index contributed by atoms with van der Waals surface area (Å²) in [4.78, 5) is 28.0. The van der Waals surface area contributed by atoms with Gasteiger partial charge in [0.25, 0.3) is 0 Å². The fraction of sp³-hybridized carbons (Fsp3) is 0.444. The van der Waals surface area contributed by atoms with Crippen LogP contribution < -0.4 is 4.90 Å². The Labute approximate surface area is 144 Å². The number of anilines is 1. The van der Waals surface area contributed by atoms with Crippen molar-refractivity contribution in [3.8, 4) is 0 Å². The maximum absolute atomic E-state index is 13.9. The number of fused-ring (bicyclic) bond motifs is 2. The number of aliphatic carboxylic acids is 1. The van der Waals surface area contributed by atoms with E-state index in [0.717, 1.165) is 0 Å². The molecule has 1 aromatic rings. The summed E-state index contributed by atoms with van der Waals surface area (Å²) in [5, 5.41) is 9.44. The molecule has 6 nitrogen and oxygen atoms in total. The van der Waals surface area contributed by atoms with E-state index in [1.807, 2.05) is 4.90 Å². The number of rotatable bonds is 3. The van der Waals surface area contributed by atoms with E-state index in [-0.39, 0.29) is 11.7 Å². The molecule has 0 saturated carbocycles. The van der Waals surface area contributed by atoms with Crippen LogP contribution in [0.3, 0.4) is 0 Å². The molecule has 2 bridgehead atoms. The Morgan fingerprint density at radius 2 is 1.68 bits per heavy atom. The molecule has 0 radical (unpaired) electrons. The topological polar surface area (TPSA) is 70.1 Å². The van der Waals surface area contributed by atoms with Crippen molar-refractivity contribution in [1.82, 2.24) is 4.90 Å². The third-order valence-electron chi connectivity index (χ3n) is 5.25. The number of nitrogens with zero attached hydrogens (tertiary/aromatic N) is 2. The second-order valence-corrected chi connectivity index (χ2v) is 6.60. The van der Waals surface area contributed by atoms with Gasteiger partial charge < -0.3 is 19.6 Å². The molecule has 0 aromatic heterocycles. The molecule has 3 aliphatic heterocycles. The monoisotopic (exact) mass is 346 g/mol. The first-order valence-corrected chi connectivity index (χ1v) is 8.41. The van der Waals surface area contributed by atoms with Crippen molar-refractivity contribution in [2.45, 2.75) is 12.2 Å². The minimum atomic E-state index is -1.000. The van der Waals surface area contributed by atoms with Crippen LogP contribution in [0.2, 0.25) is 0 Å². The average Bonchev–Trinajstić information content (AvgIpc) is 3.23. The van der Waals surface area contributed by atoms with Crippen molar-refractivity contribution in [2.75, 3.05) is 31.1 Å². The predicted molar refractivity (Wildman–Crippen MR) is 87.6 cm³/mol. The van der Waals surface area contributed by atoms with E-state index in [1.54, 1.807) is 35.3 Å². The molecule has 7 heteroatoms. The SMILES string of the molecule is O=C(O)C1C2C=CC(O2)C1C(=O)N1CCN(c2ccccc2F)CC1. The lowest BCUT2D eigenvalue weighted by atomic mass is 9.82. The maximum Gasteiger partial charge on any atom is 0.310 e. The summed E-state index contributed by atoms with van der Waals surface area (Å²) in [7, 11) is 0. The number of hydrogen-bond donors (Lipinski definition) is 1. The molecule has 1 amide bonds. The normalized spacial score (nSPS) is 30.8. The van der Waals surface area contributed by atoms with Gasteiger partial charge in [0.1, 0.15) is 11.7 Å². The summed E-state index contributed by atoms with van der Waals surface area (Å²) in [5.41, 5.74) is 0.532. The standard InChI is InChI=1S/C18H19FN2O4/c19-11-3-1-2-4-12(11)20-7-9-21(10-8-20)17(22)15-13-5-6-14(25-13)16(15)18(23)24/h1-6,13-16H,7-10H2,(H,23,24). The lowest BCUT2D eigenvalue weighted by Gasteiger charge is -2.38. The lowest BCUT2D eigenvalue weighted by molar-refractivity contribution is -0.149. The summed E-state index contributed by atoms with van der Waals surface area (Å²) >= 11 is 0. The van der Waals surface area contributed by atoms with Crippen LogP contribution in [0.1, 0.15) is 0 Å². The second-order valence-electron chi connectivity index (χ2n) is 6.60. The number of para-hydroxylation sites is 1. The molecule has 1 aromatic carbocycles. The van der Waals surface area contributed by atoms with Gasteiger partial charge in [-0.15, -0.1) is 0 Å². The van der Waals surface area contributed by atoms with Gasteiger partial charge in [0.2, 0.25) is 5.91 Å². The summed E-state index contributed by atoms with van der Waals surface area (Å²) in [5.74, 6) is -2.96. The highest BCUT2D eigenvalue weighted by Crippen LogP contribution is 2.40. The lowest BCUT2D eigenvalue weighted by Crippen LogP contribution is -2.53. The minimum Gasteiger partial charge on any atom is -0.481 e. The first-order chi connectivity index (χ1) is 12.1. The molecular formula is C18H19FN2O4. The zero-order chi connectivity index (χ0) is 17.6. The third-order valence-corrected chi connectivity index (χ3v) is 5.25. The first kappa shape index (κ1) is 16.1.